The third kappa shape index (κ3) is 2.31. The van der Waals surface area contributed by atoms with Crippen LogP contribution in [-0.2, 0) is 4.79 Å². The molecule has 0 aromatic heterocycles. The summed E-state index contributed by atoms with van der Waals surface area (Å²) in [7, 11) is 0. The SMILES string of the molecule is Cc1cccc(NC(=O)C2C3CCC(C3)C2N)c1C(=O)O. The molecule has 0 saturated heterocycles. The van der Waals surface area contributed by atoms with Crippen molar-refractivity contribution in [2.24, 2.45) is 23.5 Å². The molecule has 2 saturated carbocycles. The molecule has 3 rings (SSSR count). The number of rotatable bonds is 3. The van der Waals surface area contributed by atoms with Gasteiger partial charge in [0.05, 0.1) is 17.2 Å². The third-order valence-corrected chi connectivity index (χ3v) is 5.03. The second-order valence-electron chi connectivity index (χ2n) is 6.23. The van der Waals surface area contributed by atoms with E-state index in [1.807, 2.05) is 0 Å². The molecule has 0 spiro atoms. The molecule has 4 unspecified atom stereocenters. The summed E-state index contributed by atoms with van der Waals surface area (Å²) in [6.07, 6.45) is 3.19. The summed E-state index contributed by atoms with van der Waals surface area (Å²) in [5, 5.41) is 12.1. The predicted molar refractivity (Wildman–Crippen MR) is 79.1 cm³/mol. The largest absolute Gasteiger partial charge is 0.478 e. The first-order valence-electron chi connectivity index (χ1n) is 7.38. The van der Waals surface area contributed by atoms with E-state index in [1.165, 1.54) is 0 Å². The number of carboxylic acids is 1. The first kappa shape index (κ1) is 14.1. The van der Waals surface area contributed by atoms with E-state index >= 15 is 0 Å². The minimum Gasteiger partial charge on any atom is -0.478 e. The number of aromatic carboxylic acids is 1. The maximum absolute atomic E-state index is 12.5. The summed E-state index contributed by atoms with van der Waals surface area (Å²) in [5.41, 5.74) is 7.32. The van der Waals surface area contributed by atoms with Crippen molar-refractivity contribution in [3.63, 3.8) is 0 Å². The van der Waals surface area contributed by atoms with Gasteiger partial charge in [0.15, 0.2) is 0 Å². The molecule has 1 aromatic carbocycles. The van der Waals surface area contributed by atoms with Crippen LogP contribution < -0.4 is 11.1 Å². The molecular weight excluding hydrogens is 268 g/mol. The van der Waals surface area contributed by atoms with Crippen LogP contribution in [0.1, 0.15) is 35.2 Å². The van der Waals surface area contributed by atoms with Crippen molar-refractivity contribution >= 4 is 17.6 Å². The summed E-state index contributed by atoms with van der Waals surface area (Å²) < 4.78 is 0. The number of aryl methyl sites for hydroxylation is 1. The van der Waals surface area contributed by atoms with Gasteiger partial charge in [-0.15, -0.1) is 0 Å². The highest BCUT2D eigenvalue weighted by Gasteiger charge is 2.49. The highest BCUT2D eigenvalue weighted by molar-refractivity contribution is 6.02. The van der Waals surface area contributed by atoms with Crippen LogP contribution in [0.4, 0.5) is 5.69 Å². The van der Waals surface area contributed by atoms with E-state index < -0.39 is 5.97 Å². The Kier molecular flexibility index (Phi) is 3.45. The zero-order valence-electron chi connectivity index (χ0n) is 12.0. The van der Waals surface area contributed by atoms with Gasteiger partial charge in [-0.25, -0.2) is 4.79 Å². The zero-order valence-corrected chi connectivity index (χ0v) is 12.0. The number of fused-ring (bicyclic) bond motifs is 2. The van der Waals surface area contributed by atoms with Crippen molar-refractivity contribution in [1.29, 1.82) is 0 Å². The Hall–Kier alpha value is -1.88. The van der Waals surface area contributed by atoms with Crippen LogP contribution in [0.15, 0.2) is 18.2 Å². The van der Waals surface area contributed by atoms with Crippen LogP contribution in [-0.4, -0.2) is 23.0 Å². The van der Waals surface area contributed by atoms with Crippen molar-refractivity contribution in [3.05, 3.63) is 29.3 Å². The molecule has 2 aliphatic carbocycles. The van der Waals surface area contributed by atoms with Crippen molar-refractivity contribution in [1.82, 2.24) is 0 Å². The van der Waals surface area contributed by atoms with E-state index in [1.54, 1.807) is 25.1 Å². The van der Waals surface area contributed by atoms with Gasteiger partial charge in [-0.3, -0.25) is 4.79 Å². The molecule has 2 fully saturated rings. The minimum atomic E-state index is -1.03. The number of carbonyl (C=O) groups is 2. The first-order valence-corrected chi connectivity index (χ1v) is 7.38. The van der Waals surface area contributed by atoms with Gasteiger partial charge in [0.2, 0.25) is 5.91 Å². The second-order valence-corrected chi connectivity index (χ2v) is 6.23. The Bertz CT molecular complexity index is 597. The number of carboxylic acid groups (broad SMARTS) is 1. The number of nitrogens with one attached hydrogen (secondary N) is 1. The van der Waals surface area contributed by atoms with Gasteiger partial charge in [0.1, 0.15) is 0 Å². The molecule has 0 heterocycles. The fraction of sp³-hybridized carbons (Fsp3) is 0.500. The average molecular weight is 288 g/mol. The monoisotopic (exact) mass is 288 g/mol. The van der Waals surface area contributed by atoms with E-state index in [2.05, 4.69) is 5.32 Å². The number of hydrogen-bond donors (Lipinski definition) is 3. The molecule has 5 nitrogen and oxygen atoms in total. The van der Waals surface area contributed by atoms with Crippen LogP contribution in [0.5, 0.6) is 0 Å². The fourth-order valence-electron chi connectivity index (χ4n) is 4.00. The van der Waals surface area contributed by atoms with Crippen LogP contribution in [0.2, 0.25) is 0 Å². The Morgan fingerprint density at radius 1 is 1.29 bits per heavy atom. The molecule has 1 aromatic rings. The molecule has 2 bridgehead atoms. The van der Waals surface area contributed by atoms with Gasteiger partial charge < -0.3 is 16.2 Å². The van der Waals surface area contributed by atoms with Gasteiger partial charge in [-0.2, -0.15) is 0 Å². The highest BCUT2D eigenvalue weighted by Crippen LogP contribution is 2.48. The van der Waals surface area contributed by atoms with E-state index in [0.29, 0.717) is 23.1 Å². The van der Waals surface area contributed by atoms with E-state index in [-0.39, 0.29) is 23.4 Å². The number of hydrogen-bond acceptors (Lipinski definition) is 3. The Labute approximate surface area is 123 Å². The molecule has 4 atom stereocenters. The van der Waals surface area contributed by atoms with Crippen molar-refractivity contribution in [2.45, 2.75) is 32.2 Å². The van der Waals surface area contributed by atoms with Crippen LogP contribution in [0.25, 0.3) is 0 Å². The Morgan fingerprint density at radius 2 is 2.00 bits per heavy atom. The highest BCUT2D eigenvalue weighted by atomic mass is 16.4. The topological polar surface area (TPSA) is 92.4 Å². The minimum absolute atomic E-state index is 0.0955. The Morgan fingerprint density at radius 3 is 2.62 bits per heavy atom. The lowest BCUT2D eigenvalue weighted by molar-refractivity contribution is -0.121. The Balaban J connectivity index is 1.83. The number of amides is 1. The maximum Gasteiger partial charge on any atom is 0.338 e. The number of benzene rings is 1. The smallest absolute Gasteiger partial charge is 0.338 e. The summed E-state index contributed by atoms with van der Waals surface area (Å²) in [6.45, 7) is 1.72. The molecule has 112 valence electrons. The lowest BCUT2D eigenvalue weighted by Gasteiger charge is -2.27. The normalized spacial score (nSPS) is 30.4. The van der Waals surface area contributed by atoms with Gasteiger partial charge in [-0.05, 0) is 49.7 Å². The summed E-state index contributed by atoms with van der Waals surface area (Å²) in [6, 6.07) is 5.01. The maximum atomic E-state index is 12.5. The molecular formula is C16H20N2O3. The van der Waals surface area contributed by atoms with Gasteiger partial charge in [0, 0.05) is 6.04 Å². The lowest BCUT2D eigenvalue weighted by Crippen LogP contribution is -2.42. The summed E-state index contributed by atoms with van der Waals surface area (Å²) in [4.78, 5) is 23.9. The number of anilines is 1. The zero-order chi connectivity index (χ0) is 15.1. The molecule has 1 amide bonds. The van der Waals surface area contributed by atoms with Crippen molar-refractivity contribution in [2.75, 3.05) is 5.32 Å². The van der Waals surface area contributed by atoms with Crippen LogP contribution >= 0.6 is 0 Å². The predicted octanol–water partition coefficient (Wildman–Crippen LogP) is 2.01. The molecule has 2 aliphatic rings. The van der Waals surface area contributed by atoms with Gasteiger partial charge in [-0.1, -0.05) is 12.1 Å². The standard InChI is InChI=1S/C16H20N2O3/c1-8-3-2-4-11(12(8)16(20)21)18-15(19)13-9-5-6-10(7-9)14(13)17/h2-4,9-10,13-14H,5-7,17H2,1H3,(H,18,19)(H,20,21). The molecule has 4 N–H and O–H groups in total. The summed E-state index contributed by atoms with van der Waals surface area (Å²) >= 11 is 0. The van der Waals surface area contributed by atoms with Crippen LogP contribution in [0, 0.1) is 24.7 Å². The van der Waals surface area contributed by atoms with Crippen molar-refractivity contribution < 1.29 is 14.7 Å². The van der Waals surface area contributed by atoms with Crippen LogP contribution in [0.3, 0.4) is 0 Å². The molecule has 0 radical (unpaired) electrons. The molecule has 21 heavy (non-hydrogen) atoms. The lowest BCUT2D eigenvalue weighted by atomic mass is 9.84. The molecule has 0 aliphatic heterocycles. The number of nitrogens with two attached hydrogens (primary N) is 1. The second kappa shape index (κ2) is 5.15. The van der Waals surface area contributed by atoms with E-state index in [0.717, 1.165) is 19.3 Å². The van der Waals surface area contributed by atoms with Gasteiger partial charge >= 0.3 is 5.97 Å². The molecule has 5 heteroatoms. The van der Waals surface area contributed by atoms with Crippen molar-refractivity contribution in [3.8, 4) is 0 Å². The van der Waals surface area contributed by atoms with Gasteiger partial charge in [0.25, 0.3) is 0 Å². The first-order chi connectivity index (χ1) is 9.99. The summed E-state index contributed by atoms with van der Waals surface area (Å²) in [5.74, 6) is -0.556. The average Bonchev–Trinajstić information content (AvgIpc) is 2.98. The number of carbonyl (C=O) groups excluding carboxylic acids is 1. The van der Waals surface area contributed by atoms with E-state index in [9.17, 15) is 14.7 Å². The fourth-order valence-corrected chi connectivity index (χ4v) is 4.00. The quantitative estimate of drug-likeness (QED) is 0.793. The third-order valence-electron chi connectivity index (χ3n) is 5.03. The van der Waals surface area contributed by atoms with E-state index in [4.69, 9.17) is 5.73 Å².